The molecule has 0 aliphatic heterocycles. The van der Waals surface area contributed by atoms with E-state index in [1.165, 1.54) is 25.7 Å². The minimum absolute atomic E-state index is 0.310. The van der Waals surface area contributed by atoms with Crippen LogP contribution < -0.4 is 0 Å². The molecule has 0 radical (unpaired) electrons. The molecule has 0 amide bonds. The van der Waals surface area contributed by atoms with Gasteiger partial charge in [0.25, 0.3) is 0 Å². The number of aliphatic hydroxyl groups excluding tert-OH is 1. The van der Waals surface area contributed by atoms with Gasteiger partial charge in [-0.15, -0.1) is 0 Å². The largest absolute Gasteiger partial charge is 0.390 e. The van der Waals surface area contributed by atoms with Crippen LogP contribution in [0.5, 0.6) is 0 Å². The van der Waals surface area contributed by atoms with E-state index in [1.807, 2.05) is 20.8 Å². The minimum atomic E-state index is -0.385. The molecule has 1 unspecified atom stereocenters. The molecule has 1 aliphatic carbocycles. The third kappa shape index (κ3) is 3.76. The van der Waals surface area contributed by atoms with Gasteiger partial charge in [-0.1, -0.05) is 25.7 Å². The SMILES string of the molecule is CCOC(C)(C)C(O)C1CCCCCC1. The van der Waals surface area contributed by atoms with Gasteiger partial charge in [-0.25, -0.2) is 0 Å². The van der Waals surface area contributed by atoms with Crippen LogP contribution in [0.1, 0.15) is 59.3 Å². The van der Waals surface area contributed by atoms with E-state index >= 15 is 0 Å². The Balaban J connectivity index is 2.52. The Morgan fingerprint density at radius 1 is 1.20 bits per heavy atom. The van der Waals surface area contributed by atoms with E-state index in [0.717, 1.165) is 12.8 Å². The van der Waals surface area contributed by atoms with Gasteiger partial charge in [-0.05, 0) is 39.5 Å². The summed E-state index contributed by atoms with van der Waals surface area (Å²) in [6.07, 6.45) is 7.22. The van der Waals surface area contributed by atoms with Crippen molar-refractivity contribution < 1.29 is 9.84 Å². The predicted octanol–water partition coefficient (Wildman–Crippen LogP) is 3.13. The van der Waals surface area contributed by atoms with Gasteiger partial charge in [0.05, 0.1) is 11.7 Å². The van der Waals surface area contributed by atoms with Gasteiger partial charge >= 0.3 is 0 Å². The first-order chi connectivity index (χ1) is 7.08. The fourth-order valence-electron chi connectivity index (χ4n) is 2.65. The van der Waals surface area contributed by atoms with Crippen molar-refractivity contribution in [3.05, 3.63) is 0 Å². The fraction of sp³-hybridized carbons (Fsp3) is 1.00. The molecule has 2 nitrogen and oxygen atoms in total. The highest BCUT2D eigenvalue weighted by atomic mass is 16.5. The standard InChI is InChI=1S/C13H26O2/c1-4-15-13(2,3)12(14)11-9-7-5-6-8-10-11/h11-12,14H,4-10H2,1-3H3. The van der Waals surface area contributed by atoms with E-state index in [-0.39, 0.29) is 11.7 Å². The molecule has 0 spiro atoms. The second-order valence-electron chi connectivity index (χ2n) is 5.23. The van der Waals surface area contributed by atoms with Gasteiger partial charge in [0.1, 0.15) is 0 Å². The van der Waals surface area contributed by atoms with Gasteiger partial charge in [0.15, 0.2) is 0 Å². The summed E-state index contributed by atoms with van der Waals surface area (Å²) in [5, 5.41) is 10.3. The monoisotopic (exact) mass is 214 g/mol. The van der Waals surface area contributed by atoms with E-state index in [4.69, 9.17) is 4.74 Å². The molecular weight excluding hydrogens is 188 g/mol. The maximum Gasteiger partial charge on any atom is 0.0886 e. The lowest BCUT2D eigenvalue weighted by molar-refractivity contribution is -0.119. The van der Waals surface area contributed by atoms with Gasteiger partial charge in [0.2, 0.25) is 0 Å². The number of aliphatic hydroxyl groups is 1. The summed E-state index contributed by atoms with van der Waals surface area (Å²) >= 11 is 0. The third-order valence-electron chi connectivity index (χ3n) is 3.57. The summed E-state index contributed by atoms with van der Waals surface area (Å²) in [5.74, 6) is 0.439. The molecular formula is C13H26O2. The quantitative estimate of drug-likeness (QED) is 0.729. The van der Waals surface area contributed by atoms with E-state index < -0.39 is 0 Å². The highest BCUT2D eigenvalue weighted by Crippen LogP contribution is 2.31. The molecule has 1 saturated carbocycles. The Kier molecular flexibility index (Phi) is 5.07. The maximum atomic E-state index is 10.3. The summed E-state index contributed by atoms with van der Waals surface area (Å²) in [7, 11) is 0. The Hall–Kier alpha value is -0.0800. The number of rotatable bonds is 4. The van der Waals surface area contributed by atoms with Crippen LogP contribution in [0.15, 0.2) is 0 Å². The number of hydrogen-bond acceptors (Lipinski definition) is 2. The third-order valence-corrected chi connectivity index (χ3v) is 3.57. The molecule has 0 aromatic heterocycles. The molecule has 15 heavy (non-hydrogen) atoms. The second kappa shape index (κ2) is 5.86. The molecule has 0 bridgehead atoms. The zero-order chi connectivity index (χ0) is 11.3. The topological polar surface area (TPSA) is 29.5 Å². The summed E-state index contributed by atoms with van der Waals surface area (Å²) < 4.78 is 5.64. The molecule has 0 aromatic carbocycles. The Morgan fingerprint density at radius 3 is 2.20 bits per heavy atom. The van der Waals surface area contributed by atoms with Crippen LogP contribution in [0.25, 0.3) is 0 Å². The lowest BCUT2D eigenvalue weighted by Crippen LogP contribution is -2.43. The van der Waals surface area contributed by atoms with Gasteiger partial charge < -0.3 is 9.84 Å². The first kappa shape index (κ1) is 13.0. The zero-order valence-electron chi connectivity index (χ0n) is 10.5. The lowest BCUT2D eigenvalue weighted by atomic mass is 9.84. The van der Waals surface area contributed by atoms with E-state index in [0.29, 0.717) is 12.5 Å². The van der Waals surface area contributed by atoms with Crippen LogP contribution in [0.4, 0.5) is 0 Å². The first-order valence-electron chi connectivity index (χ1n) is 6.40. The lowest BCUT2D eigenvalue weighted by Gasteiger charge is -2.35. The molecule has 1 atom stereocenters. The second-order valence-corrected chi connectivity index (χ2v) is 5.23. The van der Waals surface area contributed by atoms with Crippen molar-refractivity contribution in [3.63, 3.8) is 0 Å². The van der Waals surface area contributed by atoms with E-state index in [1.54, 1.807) is 0 Å². The highest BCUT2D eigenvalue weighted by molar-refractivity contribution is 4.85. The van der Waals surface area contributed by atoms with Crippen molar-refractivity contribution in [2.45, 2.75) is 71.0 Å². The Morgan fingerprint density at radius 2 is 1.73 bits per heavy atom. The van der Waals surface area contributed by atoms with Crippen molar-refractivity contribution in [3.8, 4) is 0 Å². The van der Waals surface area contributed by atoms with Crippen molar-refractivity contribution in [1.29, 1.82) is 0 Å². The minimum Gasteiger partial charge on any atom is -0.390 e. The van der Waals surface area contributed by atoms with Crippen molar-refractivity contribution in [2.75, 3.05) is 6.61 Å². The first-order valence-corrected chi connectivity index (χ1v) is 6.40. The summed E-state index contributed by atoms with van der Waals surface area (Å²) in [6.45, 7) is 6.68. The molecule has 90 valence electrons. The molecule has 1 fully saturated rings. The Labute approximate surface area is 94.0 Å². The normalized spacial score (nSPS) is 22.4. The van der Waals surface area contributed by atoms with Crippen molar-refractivity contribution >= 4 is 0 Å². The van der Waals surface area contributed by atoms with Crippen LogP contribution in [0.2, 0.25) is 0 Å². The predicted molar refractivity (Wildman–Crippen MR) is 62.9 cm³/mol. The van der Waals surface area contributed by atoms with Crippen LogP contribution in [-0.4, -0.2) is 23.4 Å². The average molecular weight is 214 g/mol. The van der Waals surface area contributed by atoms with Gasteiger partial charge in [-0.2, -0.15) is 0 Å². The molecule has 1 N–H and O–H groups in total. The fourth-order valence-corrected chi connectivity index (χ4v) is 2.65. The summed E-state index contributed by atoms with van der Waals surface area (Å²) in [4.78, 5) is 0. The highest BCUT2D eigenvalue weighted by Gasteiger charge is 2.34. The zero-order valence-corrected chi connectivity index (χ0v) is 10.5. The Bertz CT molecular complexity index is 169. The maximum absolute atomic E-state index is 10.3. The summed E-state index contributed by atoms with van der Waals surface area (Å²) in [5.41, 5.74) is -0.385. The van der Waals surface area contributed by atoms with Crippen LogP contribution >= 0.6 is 0 Å². The van der Waals surface area contributed by atoms with Crippen LogP contribution in [-0.2, 0) is 4.74 Å². The van der Waals surface area contributed by atoms with Crippen molar-refractivity contribution in [1.82, 2.24) is 0 Å². The van der Waals surface area contributed by atoms with Crippen LogP contribution in [0, 0.1) is 5.92 Å². The molecule has 0 aromatic rings. The van der Waals surface area contributed by atoms with E-state index in [9.17, 15) is 5.11 Å². The van der Waals surface area contributed by atoms with Gasteiger partial charge in [0, 0.05) is 6.61 Å². The smallest absolute Gasteiger partial charge is 0.0886 e. The molecule has 1 rings (SSSR count). The number of ether oxygens (including phenoxy) is 1. The summed E-state index contributed by atoms with van der Waals surface area (Å²) in [6, 6.07) is 0. The average Bonchev–Trinajstić information content (AvgIpc) is 2.44. The van der Waals surface area contributed by atoms with Gasteiger partial charge in [-0.3, -0.25) is 0 Å². The molecule has 0 heterocycles. The van der Waals surface area contributed by atoms with E-state index in [2.05, 4.69) is 0 Å². The molecule has 2 heteroatoms. The molecule has 0 saturated heterocycles. The van der Waals surface area contributed by atoms with Crippen molar-refractivity contribution in [2.24, 2.45) is 5.92 Å². The van der Waals surface area contributed by atoms with Crippen LogP contribution in [0.3, 0.4) is 0 Å². The molecule has 1 aliphatic rings. The number of hydrogen-bond donors (Lipinski definition) is 1.